The fourth-order valence-electron chi connectivity index (χ4n) is 2.83. The van der Waals surface area contributed by atoms with E-state index in [-0.39, 0.29) is 11.9 Å². The van der Waals surface area contributed by atoms with Crippen molar-refractivity contribution in [1.82, 2.24) is 14.9 Å². The van der Waals surface area contributed by atoms with Crippen molar-refractivity contribution < 1.29 is 4.39 Å². The Kier molecular flexibility index (Phi) is 4.76. The van der Waals surface area contributed by atoms with Crippen LogP contribution < -0.4 is 5.32 Å². The summed E-state index contributed by atoms with van der Waals surface area (Å²) in [5.74, 6) is 0.629. The largest absolute Gasteiger partial charge is 0.336 e. The van der Waals surface area contributed by atoms with E-state index in [0.29, 0.717) is 6.54 Å². The van der Waals surface area contributed by atoms with Gasteiger partial charge in [-0.3, -0.25) is 5.32 Å². The lowest BCUT2D eigenvalue weighted by Gasteiger charge is -2.19. The molecule has 3 aromatic rings. The van der Waals surface area contributed by atoms with Gasteiger partial charge in [0.1, 0.15) is 11.6 Å². The van der Waals surface area contributed by atoms with Crippen molar-refractivity contribution in [3.05, 3.63) is 88.8 Å². The number of rotatable bonds is 5. The zero-order valence-corrected chi connectivity index (χ0v) is 14.3. The number of hydrogen-bond acceptors (Lipinski definition) is 2. The second-order valence-corrected chi connectivity index (χ2v) is 6.18. The molecule has 2 aromatic carbocycles. The van der Waals surface area contributed by atoms with Crippen LogP contribution >= 0.6 is 0 Å². The summed E-state index contributed by atoms with van der Waals surface area (Å²) in [6, 6.07) is 13.0. The molecule has 0 bridgehead atoms. The molecule has 24 heavy (non-hydrogen) atoms. The molecule has 0 saturated carbocycles. The Bertz CT molecular complexity index is 838. The SMILES string of the molecule is Cc1ccc(CN[C@@H](c2cccc(F)c2)c2nccn2C)cc1C. The molecule has 0 fully saturated rings. The van der Waals surface area contributed by atoms with Gasteiger partial charge in [0.05, 0.1) is 6.04 Å². The van der Waals surface area contributed by atoms with Crippen molar-refractivity contribution >= 4 is 0 Å². The molecule has 0 amide bonds. The maximum atomic E-state index is 13.7. The number of aryl methyl sites for hydroxylation is 3. The van der Waals surface area contributed by atoms with E-state index >= 15 is 0 Å². The molecule has 4 heteroatoms. The van der Waals surface area contributed by atoms with E-state index in [0.717, 1.165) is 11.4 Å². The molecule has 3 nitrogen and oxygen atoms in total. The minimum absolute atomic E-state index is 0.165. The standard InChI is InChI=1S/C20H22FN3/c1-14-7-8-16(11-15(14)2)13-23-19(20-22-9-10-24(20)3)17-5-4-6-18(21)12-17/h4-12,19,23H,13H2,1-3H3/t19-/m0/s1. The van der Waals surface area contributed by atoms with Crippen molar-refractivity contribution in [1.29, 1.82) is 0 Å². The van der Waals surface area contributed by atoms with Gasteiger partial charge >= 0.3 is 0 Å². The van der Waals surface area contributed by atoms with Gasteiger partial charge in [0.25, 0.3) is 0 Å². The van der Waals surface area contributed by atoms with Crippen LogP contribution in [0.15, 0.2) is 54.9 Å². The smallest absolute Gasteiger partial charge is 0.130 e. The van der Waals surface area contributed by atoms with Gasteiger partial charge in [-0.2, -0.15) is 0 Å². The first-order chi connectivity index (χ1) is 11.5. The highest BCUT2D eigenvalue weighted by Gasteiger charge is 2.18. The highest BCUT2D eigenvalue weighted by atomic mass is 19.1. The molecule has 1 N–H and O–H groups in total. The molecule has 0 aliphatic heterocycles. The Balaban J connectivity index is 1.88. The molecule has 0 unspecified atom stereocenters. The van der Waals surface area contributed by atoms with E-state index in [9.17, 15) is 4.39 Å². The highest BCUT2D eigenvalue weighted by molar-refractivity contribution is 5.31. The maximum absolute atomic E-state index is 13.7. The number of aromatic nitrogens is 2. The van der Waals surface area contributed by atoms with Crippen LogP contribution in [0.3, 0.4) is 0 Å². The molecule has 1 aromatic heterocycles. The van der Waals surface area contributed by atoms with Crippen molar-refractivity contribution in [2.24, 2.45) is 7.05 Å². The van der Waals surface area contributed by atoms with E-state index in [1.165, 1.54) is 22.8 Å². The zero-order chi connectivity index (χ0) is 17.1. The molecule has 0 radical (unpaired) electrons. The summed E-state index contributed by atoms with van der Waals surface area (Å²) in [6.45, 7) is 4.91. The topological polar surface area (TPSA) is 29.9 Å². The average molecular weight is 323 g/mol. The fraction of sp³-hybridized carbons (Fsp3) is 0.250. The maximum Gasteiger partial charge on any atom is 0.130 e. The van der Waals surface area contributed by atoms with E-state index in [4.69, 9.17) is 0 Å². The van der Waals surface area contributed by atoms with Crippen LogP contribution in [0.2, 0.25) is 0 Å². The van der Waals surface area contributed by atoms with Crippen LogP contribution in [0.4, 0.5) is 4.39 Å². The van der Waals surface area contributed by atoms with Crippen LogP contribution in [0.1, 0.15) is 34.1 Å². The van der Waals surface area contributed by atoms with Gasteiger partial charge in [0.2, 0.25) is 0 Å². The Labute approximate surface area is 142 Å². The summed E-state index contributed by atoms with van der Waals surface area (Å²) in [6.07, 6.45) is 3.67. The molecule has 0 aliphatic rings. The number of nitrogens with zero attached hydrogens (tertiary/aromatic N) is 2. The summed E-state index contributed by atoms with van der Waals surface area (Å²) in [5.41, 5.74) is 4.62. The first kappa shape index (κ1) is 16.4. The zero-order valence-electron chi connectivity index (χ0n) is 14.3. The lowest BCUT2D eigenvalue weighted by molar-refractivity contribution is 0.551. The minimum atomic E-state index is -0.236. The number of imidazole rings is 1. The predicted octanol–water partition coefficient (Wildman–Crippen LogP) is 4.06. The minimum Gasteiger partial charge on any atom is -0.336 e. The van der Waals surface area contributed by atoms with Crippen LogP contribution in [-0.2, 0) is 13.6 Å². The van der Waals surface area contributed by atoms with Gasteiger partial charge < -0.3 is 4.57 Å². The second kappa shape index (κ2) is 6.97. The normalized spacial score (nSPS) is 12.3. The summed E-state index contributed by atoms with van der Waals surface area (Å²) in [5, 5.41) is 3.52. The van der Waals surface area contributed by atoms with Gasteiger partial charge in [-0.1, -0.05) is 30.3 Å². The van der Waals surface area contributed by atoms with Gasteiger partial charge in [0, 0.05) is 26.0 Å². The second-order valence-electron chi connectivity index (χ2n) is 6.18. The highest BCUT2D eigenvalue weighted by Crippen LogP contribution is 2.22. The first-order valence-electron chi connectivity index (χ1n) is 8.07. The summed E-state index contributed by atoms with van der Waals surface area (Å²) < 4.78 is 15.6. The van der Waals surface area contributed by atoms with Gasteiger partial charge in [-0.15, -0.1) is 0 Å². The predicted molar refractivity (Wildman–Crippen MR) is 94.2 cm³/mol. The number of hydrogen-bond donors (Lipinski definition) is 1. The van der Waals surface area contributed by atoms with Crippen LogP contribution in [0.25, 0.3) is 0 Å². The number of benzene rings is 2. The van der Waals surface area contributed by atoms with Gasteiger partial charge in [0.15, 0.2) is 0 Å². The van der Waals surface area contributed by atoms with Crippen LogP contribution in [0.5, 0.6) is 0 Å². The van der Waals surface area contributed by atoms with Crippen molar-refractivity contribution in [3.8, 4) is 0 Å². The molecular weight excluding hydrogens is 301 g/mol. The first-order valence-corrected chi connectivity index (χ1v) is 8.07. The Hall–Kier alpha value is -2.46. The van der Waals surface area contributed by atoms with Gasteiger partial charge in [-0.05, 0) is 48.2 Å². The Morgan fingerprint density at radius 2 is 1.96 bits per heavy atom. The Morgan fingerprint density at radius 1 is 1.12 bits per heavy atom. The van der Waals surface area contributed by atoms with Crippen LogP contribution in [0, 0.1) is 19.7 Å². The number of nitrogens with one attached hydrogen (secondary N) is 1. The Morgan fingerprint density at radius 3 is 2.62 bits per heavy atom. The lowest BCUT2D eigenvalue weighted by atomic mass is 10.0. The molecule has 3 rings (SSSR count). The van der Waals surface area contributed by atoms with Crippen molar-refractivity contribution in [2.45, 2.75) is 26.4 Å². The number of halogens is 1. The van der Waals surface area contributed by atoms with Crippen LogP contribution in [-0.4, -0.2) is 9.55 Å². The van der Waals surface area contributed by atoms with Crippen molar-refractivity contribution in [2.75, 3.05) is 0 Å². The van der Waals surface area contributed by atoms with E-state index in [1.54, 1.807) is 18.3 Å². The van der Waals surface area contributed by atoms with Crippen molar-refractivity contribution in [3.63, 3.8) is 0 Å². The molecule has 124 valence electrons. The van der Waals surface area contributed by atoms with Gasteiger partial charge in [-0.25, -0.2) is 9.37 Å². The summed E-state index contributed by atoms with van der Waals surface area (Å²) in [4.78, 5) is 4.44. The third-order valence-electron chi connectivity index (χ3n) is 4.38. The van der Waals surface area contributed by atoms with E-state index in [2.05, 4.69) is 42.3 Å². The quantitative estimate of drug-likeness (QED) is 0.767. The van der Waals surface area contributed by atoms with E-state index in [1.807, 2.05) is 23.9 Å². The molecule has 0 saturated heterocycles. The third-order valence-corrected chi connectivity index (χ3v) is 4.38. The molecule has 0 spiro atoms. The lowest BCUT2D eigenvalue weighted by Crippen LogP contribution is -2.25. The fourth-order valence-corrected chi connectivity index (χ4v) is 2.83. The molecule has 1 heterocycles. The average Bonchev–Trinajstić information content (AvgIpc) is 2.97. The monoisotopic (exact) mass is 323 g/mol. The molecule has 0 aliphatic carbocycles. The molecular formula is C20H22FN3. The summed E-state index contributed by atoms with van der Waals surface area (Å²) in [7, 11) is 1.95. The molecule has 1 atom stereocenters. The third kappa shape index (κ3) is 3.54. The summed E-state index contributed by atoms with van der Waals surface area (Å²) >= 11 is 0. The van der Waals surface area contributed by atoms with E-state index < -0.39 is 0 Å².